The molecule has 1 aromatic rings. The molecular weight excluding hydrogens is 344 g/mol. The first-order valence-electron chi connectivity index (χ1n) is 8.44. The van der Waals surface area contributed by atoms with Crippen molar-refractivity contribution in [3.05, 3.63) is 29.8 Å². The third-order valence-electron chi connectivity index (χ3n) is 4.54. The highest BCUT2D eigenvalue weighted by Crippen LogP contribution is 2.24. The van der Waals surface area contributed by atoms with Gasteiger partial charge in [-0.1, -0.05) is 12.1 Å². The maximum absolute atomic E-state index is 11.9. The van der Waals surface area contributed by atoms with Crippen LogP contribution in [0.3, 0.4) is 0 Å². The molecule has 2 aliphatic rings. The molecule has 0 aliphatic carbocycles. The number of nitrogens with zero attached hydrogens (tertiary/aromatic N) is 1. The molecule has 0 saturated carbocycles. The van der Waals surface area contributed by atoms with Crippen molar-refractivity contribution in [2.45, 2.75) is 31.1 Å². The lowest BCUT2D eigenvalue weighted by Crippen LogP contribution is -2.25. The number of hydrogen-bond acceptors (Lipinski definition) is 5. The monoisotopic (exact) mass is 368 g/mol. The summed E-state index contributed by atoms with van der Waals surface area (Å²) in [5.74, 6) is 0.762. The zero-order chi connectivity index (χ0) is 17.0. The molecule has 1 amide bonds. The number of carbonyl (C=O) groups is 1. The lowest BCUT2D eigenvalue weighted by Gasteiger charge is -2.17. The molecule has 5 nitrogen and oxygen atoms in total. The van der Waals surface area contributed by atoms with Gasteiger partial charge in [0.05, 0.1) is 17.3 Å². The van der Waals surface area contributed by atoms with Crippen LogP contribution in [-0.2, 0) is 21.2 Å². The molecular formula is C17H24N2O3S2. The lowest BCUT2D eigenvalue weighted by atomic mass is 10.2. The van der Waals surface area contributed by atoms with E-state index in [1.54, 1.807) is 0 Å². The van der Waals surface area contributed by atoms with Crippen molar-refractivity contribution in [1.29, 1.82) is 0 Å². The van der Waals surface area contributed by atoms with Gasteiger partial charge < -0.3 is 10.2 Å². The SMILES string of the molecule is O=C(CS[C@H]1CCS(=O)(=O)C1)NCc1ccc(N2CCCC2)cc1. The molecule has 0 aromatic heterocycles. The Morgan fingerprint density at radius 3 is 2.54 bits per heavy atom. The van der Waals surface area contributed by atoms with Crippen LogP contribution in [0.1, 0.15) is 24.8 Å². The van der Waals surface area contributed by atoms with E-state index in [1.807, 2.05) is 0 Å². The fraction of sp³-hybridized carbons (Fsp3) is 0.588. The fourth-order valence-electron chi connectivity index (χ4n) is 3.14. The summed E-state index contributed by atoms with van der Waals surface area (Å²) in [4.78, 5) is 14.3. The smallest absolute Gasteiger partial charge is 0.230 e. The molecule has 1 atom stereocenters. The molecule has 2 fully saturated rings. The number of amides is 1. The van der Waals surface area contributed by atoms with Crippen LogP contribution in [0.25, 0.3) is 0 Å². The van der Waals surface area contributed by atoms with Crippen LogP contribution in [0.15, 0.2) is 24.3 Å². The molecule has 2 heterocycles. The third kappa shape index (κ3) is 4.89. The van der Waals surface area contributed by atoms with Crippen molar-refractivity contribution < 1.29 is 13.2 Å². The molecule has 0 bridgehead atoms. The lowest BCUT2D eigenvalue weighted by molar-refractivity contribution is -0.118. The second kappa shape index (κ2) is 7.78. The van der Waals surface area contributed by atoms with E-state index in [4.69, 9.17) is 0 Å². The first-order chi connectivity index (χ1) is 11.5. The molecule has 1 aromatic carbocycles. The molecule has 132 valence electrons. The maximum Gasteiger partial charge on any atom is 0.230 e. The summed E-state index contributed by atoms with van der Waals surface area (Å²) < 4.78 is 22.8. The topological polar surface area (TPSA) is 66.5 Å². The van der Waals surface area contributed by atoms with E-state index < -0.39 is 9.84 Å². The minimum Gasteiger partial charge on any atom is -0.372 e. The van der Waals surface area contributed by atoms with Crippen molar-refractivity contribution in [2.24, 2.45) is 0 Å². The number of carbonyl (C=O) groups excluding carboxylic acids is 1. The Morgan fingerprint density at radius 2 is 1.92 bits per heavy atom. The highest BCUT2D eigenvalue weighted by molar-refractivity contribution is 8.02. The Kier molecular flexibility index (Phi) is 5.71. The minimum absolute atomic E-state index is 0.0343. The van der Waals surface area contributed by atoms with Gasteiger partial charge in [-0.2, -0.15) is 0 Å². The maximum atomic E-state index is 11.9. The van der Waals surface area contributed by atoms with Crippen molar-refractivity contribution in [1.82, 2.24) is 5.32 Å². The van der Waals surface area contributed by atoms with Crippen molar-refractivity contribution in [2.75, 3.05) is 35.2 Å². The van der Waals surface area contributed by atoms with E-state index >= 15 is 0 Å². The van der Waals surface area contributed by atoms with Gasteiger partial charge in [-0.05, 0) is 37.0 Å². The molecule has 2 aliphatic heterocycles. The number of benzene rings is 1. The fourth-order valence-corrected chi connectivity index (χ4v) is 6.61. The number of sulfone groups is 1. The second-order valence-corrected chi connectivity index (χ2v) is 9.99. The van der Waals surface area contributed by atoms with Gasteiger partial charge >= 0.3 is 0 Å². The zero-order valence-electron chi connectivity index (χ0n) is 13.7. The molecule has 1 N–H and O–H groups in total. The summed E-state index contributed by atoms with van der Waals surface area (Å²) in [6.45, 7) is 2.77. The first-order valence-corrected chi connectivity index (χ1v) is 11.3. The van der Waals surface area contributed by atoms with Crippen molar-refractivity contribution in [3.8, 4) is 0 Å². The standard InChI is InChI=1S/C17H24N2O3S2/c20-17(12-23-16-7-10-24(21,22)13-16)18-11-14-3-5-15(6-4-14)19-8-1-2-9-19/h3-6,16H,1-2,7-13H2,(H,18,20)/t16-/m0/s1. The van der Waals surface area contributed by atoms with E-state index in [1.165, 1.54) is 30.3 Å². The number of anilines is 1. The summed E-state index contributed by atoms with van der Waals surface area (Å²) >= 11 is 1.45. The van der Waals surface area contributed by atoms with Gasteiger partial charge in [-0.15, -0.1) is 11.8 Å². The van der Waals surface area contributed by atoms with Crippen LogP contribution in [0, 0.1) is 0 Å². The Hall–Kier alpha value is -1.21. The highest BCUT2D eigenvalue weighted by Gasteiger charge is 2.28. The Bertz CT molecular complexity index is 668. The number of thioether (sulfide) groups is 1. The molecule has 24 heavy (non-hydrogen) atoms. The van der Waals surface area contributed by atoms with Gasteiger partial charge in [0.1, 0.15) is 0 Å². The van der Waals surface area contributed by atoms with Crippen molar-refractivity contribution >= 4 is 33.2 Å². The molecule has 0 unspecified atom stereocenters. The third-order valence-corrected chi connectivity index (χ3v) is 7.82. The first kappa shape index (κ1) is 17.6. The largest absolute Gasteiger partial charge is 0.372 e. The normalized spacial score (nSPS) is 22.7. The van der Waals surface area contributed by atoms with Gasteiger partial charge in [-0.3, -0.25) is 4.79 Å². The highest BCUT2D eigenvalue weighted by atomic mass is 32.2. The summed E-state index contributed by atoms with van der Waals surface area (Å²) in [5.41, 5.74) is 2.33. The summed E-state index contributed by atoms with van der Waals surface area (Å²) in [7, 11) is -2.87. The molecule has 7 heteroatoms. The second-order valence-electron chi connectivity index (χ2n) is 6.47. The zero-order valence-corrected chi connectivity index (χ0v) is 15.4. The van der Waals surface area contributed by atoms with Crippen LogP contribution in [0.2, 0.25) is 0 Å². The average Bonchev–Trinajstić information content (AvgIpc) is 3.21. The Labute approximate surface area is 148 Å². The predicted molar refractivity (Wildman–Crippen MR) is 99.3 cm³/mol. The van der Waals surface area contributed by atoms with Crippen LogP contribution in [0.5, 0.6) is 0 Å². The number of nitrogens with one attached hydrogen (secondary N) is 1. The summed E-state index contributed by atoms with van der Waals surface area (Å²) in [5, 5.41) is 2.98. The quantitative estimate of drug-likeness (QED) is 0.830. The summed E-state index contributed by atoms with van der Waals surface area (Å²) in [6.07, 6.45) is 3.19. The van der Waals surface area contributed by atoms with E-state index in [-0.39, 0.29) is 22.7 Å². The van der Waals surface area contributed by atoms with Crippen LogP contribution in [0.4, 0.5) is 5.69 Å². The van der Waals surface area contributed by atoms with E-state index in [0.717, 1.165) is 18.7 Å². The van der Waals surface area contributed by atoms with E-state index in [0.29, 0.717) is 18.7 Å². The van der Waals surface area contributed by atoms with Crippen LogP contribution in [-0.4, -0.2) is 49.9 Å². The minimum atomic E-state index is -2.87. The molecule has 0 spiro atoms. The number of hydrogen-bond donors (Lipinski definition) is 1. The Balaban J connectivity index is 1.39. The molecule has 3 rings (SSSR count). The van der Waals surface area contributed by atoms with Gasteiger partial charge in [0, 0.05) is 30.6 Å². The number of rotatable bonds is 6. The van der Waals surface area contributed by atoms with Crippen LogP contribution < -0.4 is 10.2 Å². The van der Waals surface area contributed by atoms with Crippen molar-refractivity contribution in [3.63, 3.8) is 0 Å². The molecule has 0 radical (unpaired) electrons. The predicted octanol–water partition coefficient (Wildman–Crippen LogP) is 1.82. The van der Waals surface area contributed by atoms with Crippen LogP contribution >= 0.6 is 11.8 Å². The van der Waals surface area contributed by atoms with Gasteiger partial charge in [-0.25, -0.2) is 8.42 Å². The average molecular weight is 369 g/mol. The molecule has 2 saturated heterocycles. The summed E-state index contributed by atoms with van der Waals surface area (Å²) in [6, 6.07) is 8.35. The van der Waals surface area contributed by atoms with Gasteiger partial charge in [0.25, 0.3) is 0 Å². The van der Waals surface area contributed by atoms with E-state index in [9.17, 15) is 13.2 Å². The van der Waals surface area contributed by atoms with Gasteiger partial charge in [0.15, 0.2) is 9.84 Å². The van der Waals surface area contributed by atoms with E-state index in [2.05, 4.69) is 34.5 Å². The Morgan fingerprint density at radius 1 is 1.21 bits per heavy atom. The van der Waals surface area contributed by atoms with Gasteiger partial charge in [0.2, 0.25) is 5.91 Å².